The number of hydrogen-bond acceptors (Lipinski definition) is 6. The predicted molar refractivity (Wildman–Crippen MR) is 126 cm³/mol. The number of aromatic amines is 1. The molecule has 0 aliphatic carbocycles. The van der Waals surface area contributed by atoms with E-state index >= 15 is 0 Å². The number of sulfonamides is 1. The normalized spacial score (nSPS) is 19.0. The first-order chi connectivity index (χ1) is 16.2. The molecule has 2 heterocycles. The molecule has 1 aliphatic heterocycles. The van der Waals surface area contributed by atoms with E-state index in [1.54, 1.807) is 38.2 Å². The number of aryl methyl sites for hydroxylation is 1. The molecule has 2 unspecified atom stereocenters. The third kappa shape index (κ3) is 6.60. The van der Waals surface area contributed by atoms with Crippen LogP contribution in [-0.4, -0.2) is 48.7 Å². The van der Waals surface area contributed by atoms with E-state index in [1.165, 1.54) is 12.1 Å². The number of aromatic nitrogens is 2. The van der Waals surface area contributed by atoms with Crippen molar-refractivity contribution in [3.05, 3.63) is 47.8 Å². The predicted octanol–water partition coefficient (Wildman–Crippen LogP) is 1.94. The van der Waals surface area contributed by atoms with Crippen molar-refractivity contribution in [2.75, 3.05) is 6.54 Å². The summed E-state index contributed by atoms with van der Waals surface area (Å²) >= 11 is 0. The Hall–Kier alpha value is -2.85. The van der Waals surface area contributed by atoms with Crippen molar-refractivity contribution in [3.8, 4) is 0 Å². The summed E-state index contributed by atoms with van der Waals surface area (Å²) in [5.74, 6) is -3.09. The smallest absolute Gasteiger partial charge is 0.287 e. The fraction of sp³-hybridized carbons (Fsp3) is 0.500. The number of benzene rings is 1. The van der Waals surface area contributed by atoms with Gasteiger partial charge in [-0.3, -0.25) is 19.5 Å². The highest BCUT2D eigenvalue weighted by molar-refractivity contribution is 7.89. The SMILES string of the molecule is CC(C)C(NS(=O)(=O)c1ccccc1)C(=O)CC1Cc2cn[nH]c2CCCCCNC(=O)C1=O. The van der Waals surface area contributed by atoms with E-state index < -0.39 is 39.5 Å². The van der Waals surface area contributed by atoms with Crippen LogP contribution in [0.15, 0.2) is 41.4 Å². The van der Waals surface area contributed by atoms with Crippen LogP contribution in [-0.2, 0) is 37.2 Å². The molecule has 1 aromatic heterocycles. The second-order valence-corrected chi connectivity index (χ2v) is 10.7. The van der Waals surface area contributed by atoms with Gasteiger partial charge in [0.25, 0.3) is 5.91 Å². The zero-order valence-corrected chi connectivity index (χ0v) is 20.4. The lowest BCUT2D eigenvalue weighted by molar-refractivity contribution is -0.141. The van der Waals surface area contributed by atoms with Crippen molar-refractivity contribution in [1.29, 1.82) is 0 Å². The molecule has 10 heteroatoms. The lowest BCUT2D eigenvalue weighted by Gasteiger charge is -2.23. The van der Waals surface area contributed by atoms with Gasteiger partial charge in [-0.1, -0.05) is 38.5 Å². The second kappa shape index (κ2) is 11.5. The van der Waals surface area contributed by atoms with Gasteiger partial charge in [-0.05, 0) is 49.3 Å². The largest absolute Gasteiger partial charge is 0.349 e. The number of Topliss-reactive ketones (excluding diaryl/α,β-unsaturated/α-hetero) is 2. The number of H-pyrrole nitrogens is 1. The third-order valence-corrected chi connectivity index (χ3v) is 7.51. The number of ketones is 2. The molecular weight excluding hydrogens is 456 g/mol. The van der Waals surface area contributed by atoms with Gasteiger partial charge in [0.15, 0.2) is 5.78 Å². The number of fused-ring (bicyclic) bond motifs is 1. The molecule has 3 N–H and O–H groups in total. The highest BCUT2D eigenvalue weighted by Crippen LogP contribution is 2.21. The topological polar surface area (TPSA) is 138 Å². The zero-order chi connectivity index (χ0) is 24.7. The fourth-order valence-electron chi connectivity index (χ4n) is 4.11. The number of carbonyl (C=O) groups excluding carboxylic acids is 3. The van der Waals surface area contributed by atoms with Crippen molar-refractivity contribution < 1.29 is 22.8 Å². The first-order valence-electron chi connectivity index (χ1n) is 11.6. The van der Waals surface area contributed by atoms with Gasteiger partial charge in [0.05, 0.1) is 17.1 Å². The average molecular weight is 489 g/mol. The third-order valence-electron chi connectivity index (χ3n) is 6.05. The number of amides is 1. The van der Waals surface area contributed by atoms with Crippen molar-refractivity contribution >= 4 is 27.5 Å². The van der Waals surface area contributed by atoms with Gasteiger partial charge >= 0.3 is 0 Å². The number of hydrogen-bond donors (Lipinski definition) is 3. The molecule has 9 nitrogen and oxygen atoms in total. The fourth-order valence-corrected chi connectivity index (χ4v) is 5.50. The molecule has 3 rings (SSSR count). The van der Waals surface area contributed by atoms with Crippen LogP contribution in [0.25, 0.3) is 0 Å². The minimum Gasteiger partial charge on any atom is -0.349 e. The van der Waals surface area contributed by atoms with Crippen molar-refractivity contribution in [2.45, 2.75) is 63.3 Å². The standard InChI is InChI=1S/C24H32N4O5S/c1-16(2)22(28-34(32,33)19-9-5-3-6-10-19)21(29)14-17-13-18-15-26-27-20(18)11-7-4-8-12-25-24(31)23(17)30/h3,5-6,9-10,15-17,22,28H,4,7-8,11-14H2,1-2H3,(H,25,31)(H,26,27). The summed E-state index contributed by atoms with van der Waals surface area (Å²) in [7, 11) is -3.94. The zero-order valence-electron chi connectivity index (χ0n) is 19.5. The minimum atomic E-state index is -3.94. The van der Waals surface area contributed by atoms with E-state index in [0.717, 1.165) is 36.9 Å². The molecule has 0 fully saturated rings. The molecular formula is C24H32N4O5S. The van der Waals surface area contributed by atoms with E-state index in [1.807, 2.05) is 0 Å². The first-order valence-corrected chi connectivity index (χ1v) is 13.1. The first kappa shape index (κ1) is 25.8. The minimum absolute atomic E-state index is 0.0537. The van der Waals surface area contributed by atoms with Crippen LogP contribution in [0.4, 0.5) is 0 Å². The molecule has 1 aliphatic rings. The maximum absolute atomic E-state index is 13.3. The Morgan fingerprint density at radius 2 is 1.88 bits per heavy atom. The van der Waals surface area contributed by atoms with Crippen molar-refractivity contribution in [1.82, 2.24) is 20.2 Å². The Morgan fingerprint density at radius 3 is 2.59 bits per heavy atom. The summed E-state index contributed by atoms with van der Waals surface area (Å²) < 4.78 is 28.2. The maximum atomic E-state index is 13.3. The molecule has 2 atom stereocenters. The average Bonchev–Trinajstić information content (AvgIpc) is 3.25. The van der Waals surface area contributed by atoms with Crippen LogP contribution in [0.2, 0.25) is 0 Å². The van der Waals surface area contributed by atoms with Crippen LogP contribution in [0.3, 0.4) is 0 Å². The molecule has 0 bridgehead atoms. The van der Waals surface area contributed by atoms with Gasteiger partial charge in [0.2, 0.25) is 15.8 Å². The summed E-state index contributed by atoms with van der Waals surface area (Å²) in [6, 6.07) is 6.77. The number of nitrogens with one attached hydrogen (secondary N) is 3. The Kier molecular flexibility index (Phi) is 8.73. The van der Waals surface area contributed by atoms with E-state index in [4.69, 9.17) is 0 Å². The van der Waals surface area contributed by atoms with Crippen molar-refractivity contribution in [3.63, 3.8) is 0 Å². The van der Waals surface area contributed by atoms with Crippen LogP contribution in [0.1, 0.15) is 50.8 Å². The van der Waals surface area contributed by atoms with Crippen LogP contribution in [0, 0.1) is 11.8 Å². The summed E-state index contributed by atoms with van der Waals surface area (Å²) in [5, 5.41) is 9.69. The van der Waals surface area contributed by atoms with Gasteiger partial charge < -0.3 is 5.32 Å². The number of carbonyl (C=O) groups is 3. The highest BCUT2D eigenvalue weighted by Gasteiger charge is 2.34. The van der Waals surface area contributed by atoms with Crippen LogP contribution >= 0.6 is 0 Å². The lowest BCUT2D eigenvalue weighted by Crippen LogP contribution is -2.46. The monoisotopic (exact) mass is 488 g/mol. The van der Waals surface area contributed by atoms with Gasteiger partial charge in [-0.15, -0.1) is 0 Å². The van der Waals surface area contributed by atoms with E-state index in [2.05, 4.69) is 20.2 Å². The molecule has 0 saturated heterocycles. The molecule has 2 aromatic rings. The molecule has 0 saturated carbocycles. The van der Waals surface area contributed by atoms with Gasteiger partial charge in [0, 0.05) is 24.6 Å². The van der Waals surface area contributed by atoms with Crippen LogP contribution in [0.5, 0.6) is 0 Å². The number of nitrogens with zero attached hydrogens (tertiary/aromatic N) is 1. The Balaban J connectivity index is 1.83. The Labute approximate surface area is 200 Å². The molecule has 1 amide bonds. The Bertz CT molecular complexity index is 1110. The second-order valence-electron chi connectivity index (χ2n) is 9.03. The summed E-state index contributed by atoms with van der Waals surface area (Å²) in [5.41, 5.74) is 1.70. The molecule has 0 radical (unpaired) electrons. The van der Waals surface area contributed by atoms with Gasteiger partial charge in [-0.25, -0.2) is 13.1 Å². The van der Waals surface area contributed by atoms with E-state index in [0.29, 0.717) is 6.54 Å². The summed E-state index contributed by atoms with van der Waals surface area (Å²) in [6.45, 7) is 3.87. The summed E-state index contributed by atoms with van der Waals surface area (Å²) in [4.78, 5) is 38.8. The Morgan fingerprint density at radius 1 is 1.15 bits per heavy atom. The quantitative estimate of drug-likeness (QED) is 0.509. The number of rotatable bonds is 7. The van der Waals surface area contributed by atoms with Gasteiger partial charge in [0.1, 0.15) is 0 Å². The highest BCUT2D eigenvalue weighted by atomic mass is 32.2. The molecule has 1 aromatic carbocycles. The summed E-state index contributed by atoms with van der Waals surface area (Å²) in [6.07, 6.45) is 4.90. The molecule has 34 heavy (non-hydrogen) atoms. The molecule has 184 valence electrons. The van der Waals surface area contributed by atoms with E-state index in [9.17, 15) is 22.8 Å². The van der Waals surface area contributed by atoms with Gasteiger partial charge in [-0.2, -0.15) is 5.10 Å². The van der Waals surface area contributed by atoms with E-state index in [-0.39, 0.29) is 23.7 Å². The molecule has 0 spiro atoms. The maximum Gasteiger partial charge on any atom is 0.287 e. The van der Waals surface area contributed by atoms with Crippen LogP contribution < -0.4 is 10.0 Å². The lowest BCUT2D eigenvalue weighted by atomic mass is 9.86. The van der Waals surface area contributed by atoms with Crippen molar-refractivity contribution in [2.24, 2.45) is 11.8 Å².